The van der Waals surface area contributed by atoms with Crippen molar-refractivity contribution in [3.05, 3.63) is 0 Å². The van der Waals surface area contributed by atoms with Crippen LogP contribution in [0.4, 0.5) is 0 Å². The summed E-state index contributed by atoms with van der Waals surface area (Å²) < 4.78 is 94.8. The summed E-state index contributed by atoms with van der Waals surface area (Å²) in [6.07, 6.45) is -75.0. The molecule has 8 heterocycles. The molecule has 8 saturated heterocycles. The number of nitrogens with one attached hydrogen (secondary N) is 4. The standard InChI is InChI=1S/C60H99N5O43/c1-14-32(77)42(87)45(90)57(95-14)93-13-26-48(41(86)31(65-18(5)74)56(102-26)108-52(92)19(61)6-27(75)76)103-55-30(64-17(4)73)40(85)47(24(11-70)100-55)104-58-46(91)49(105-60-51(44(89)36(81)23(10-69)99-60)107-54-29(63-16(3)72)39(84)34(79)21(8-67)97-54)37(82)25(101-58)12-94-59-50(43(88)35(80)22(9-68)98-59)106-53-28(62-15(2)71)38(83)33(78)20(7-66)96-53/h14,19-26,28-51,53-60,66-70,77-91H,6-13,61H2,1-5H3,(H,62,71)(H,63,72)(H,64,73)(H,65,74)(H,75,76)/t14-,19+,20-,21-,22+,23+,24-,25-,26-,28-,29-,30-,31-,32+,33-,34-,35+,36+,37-,38-,39-,40-,41-,42+,43-,44-,45-,46+,47-,48-,49+,50-,51-,53+,54+,55+,56+,57-,58+,59-,60+/m1/s1. The second kappa shape index (κ2) is 38.9. The lowest BCUT2D eigenvalue weighted by Gasteiger charge is -2.51. The lowest BCUT2D eigenvalue weighted by Crippen LogP contribution is -2.71. The quantitative estimate of drug-likeness (QED) is 0.0309. The number of rotatable bonds is 29. The molecule has 4 amide bonds. The fraction of sp³-hybridized carbons (Fsp3) is 0.900. The van der Waals surface area contributed by atoms with Crippen molar-refractivity contribution in [3.8, 4) is 0 Å². The maximum absolute atomic E-state index is 13.2. The van der Waals surface area contributed by atoms with Crippen LogP contribution in [-0.4, -0.2) is 440 Å². The Kier molecular flexibility index (Phi) is 32.1. The molecule has 48 nitrogen and oxygen atoms in total. The molecule has 8 aliphatic rings. The summed E-state index contributed by atoms with van der Waals surface area (Å²) in [5.41, 5.74) is 5.76. The van der Waals surface area contributed by atoms with Crippen molar-refractivity contribution in [3.63, 3.8) is 0 Å². The SMILES string of the molecule is CC(=O)N[C@H]1[C@H](O[C@H]2[C@H](O)[C@@H](NC(C)=O)[C@H](OC(=O)[C@@H](N)CC(=O)O)O[C@@H]2CO[C@@H]2O[C@H](C)[C@H](O)[C@H](O)[C@H]2O)O[C@H](CO)[C@@H](O[C@@H]2O[C@H](CO[C@@H]3O[C@@H](CO)[C@H](O)[C@@H](O)[C@H]3O[C@@H]3O[C@H](CO)[C@@H](O)[C@H](O)[C@H]3NC(C)=O)[C@@H](O)[C@H](O[C@@H]3O[C@@H](CO)[C@H](O)[C@@H](O)[C@H]3O[C@@H]3O[C@H](CO)[C@@H](O)[C@H](O)[C@H]3NC(C)=O)[C@@H]2O)[C@@H]1O. The van der Waals surface area contributed by atoms with Gasteiger partial charge < -0.3 is 210 Å². The third kappa shape index (κ3) is 20.5. The first-order valence-corrected chi connectivity index (χ1v) is 34.2. The van der Waals surface area contributed by atoms with E-state index < -0.39 is 340 Å². The van der Waals surface area contributed by atoms with Crippen LogP contribution in [0.15, 0.2) is 0 Å². The molecule has 41 atom stereocenters. The smallest absolute Gasteiger partial charge is 0.325 e. The molecule has 0 unspecified atom stereocenters. The Morgan fingerprint density at radius 1 is 0.333 bits per heavy atom. The number of ether oxygens (including phenoxy) is 16. The lowest BCUT2D eigenvalue weighted by atomic mass is 9.93. The summed E-state index contributed by atoms with van der Waals surface area (Å²) in [4.78, 5) is 75.7. The summed E-state index contributed by atoms with van der Waals surface area (Å²) >= 11 is 0. The van der Waals surface area contributed by atoms with E-state index in [4.69, 9.17) is 81.5 Å². The van der Waals surface area contributed by atoms with Crippen LogP contribution in [0, 0.1) is 0 Å². The van der Waals surface area contributed by atoms with Gasteiger partial charge in [0.25, 0.3) is 0 Å². The molecule has 0 radical (unpaired) electrons. The van der Waals surface area contributed by atoms with E-state index in [0.717, 1.165) is 27.7 Å². The molecule has 48 heteroatoms. The minimum absolute atomic E-state index is 0.840. The highest BCUT2D eigenvalue weighted by molar-refractivity contribution is 5.82. The second-order valence-electron chi connectivity index (χ2n) is 27.0. The topological polar surface area (TPSA) is 749 Å². The Morgan fingerprint density at radius 2 is 0.676 bits per heavy atom. The van der Waals surface area contributed by atoms with Crippen LogP contribution < -0.4 is 27.0 Å². The minimum atomic E-state index is -2.56. The summed E-state index contributed by atoms with van der Waals surface area (Å²) in [5, 5.41) is 242. The van der Waals surface area contributed by atoms with Crippen LogP contribution in [0.1, 0.15) is 41.0 Å². The van der Waals surface area contributed by atoms with E-state index >= 15 is 0 Å². The van der Waals surface area contributed by atoms with Crippen LogP contribution in [0.3, 0.4) is 0 Å². The maximum atomic E-state index is 13.2. The Labute approximate surface area is 611 Å². The van der Waals surface area contributed by atoms with Gasteiger partial charge in [0.1, 0.15) is 195 Å². The number of carbonyl (C=O) groups is 6. The zero-order valence-corrected chi connectivity index (χ0v) is 58.3. The average molecular weight is 1580 g/mol. The Morgan fingerprint density at radius 3 is 1.13 bits per heavy atom. The molecule has 0 aromatic rings. The molecular formula is C60H99N5O43. The van der Waals surface area contributed by atoms with Gasteiger partial charge in [0.2, 0.25) is 29.9 Å². The van der Waals surface area contributed by atoms with Crippen molar-refractivity contribution in [2.45, 2.75) is 292 Å². The van der Waals surface area contributed by atoms with Crippen molar-refractivity contribution >= 4 is 35.6 Å². The van der Waals surface area contributed by atoms with Crippen molar-refractivity contribution in [2.24, 2.45) is 5.73 Å². The highest BCUT2D eigenvalue weighted by Crippen LogP contribution is 2.39. The fourth-order valence-corrected chi connectivity index (χ4v) is 13.4. The largest absolute Gasteiger partial charge is 0.481 e. The molecule has 0 aromatic heterocycles. The normalized spacial score (nSPS) is 46.2. The highest BCUT2D eigenvalue weighted by Gasteiger charge is 2.60. The van der Waals surface area contributed by atoms with E-state index in [1.54, 1.807) is 0 Å². The molecule has 27 N–H and O–H groups in total. The number of carboxylic acid groups (broad SMARTS) is 1. The number of hydrogen-bond donors (Lipinski definition) is 26. The molecule has 8 fully saturated rings. The van der Waals surface area contributed by atoms with Gasteiger partial charge >= 0.3 is 11.9 Å². The summed E-state index contributed by atoms with van der Waals surface area (Å²) in [7, 11) is 0. The van der Waals surface area contributed by atoms with Gasteiger partial charge in [0.15, 0.2) is 44.0 Å². The Bertz CT molecular complexity index is 2930. The van der Waals surface area contributed by atoms with E-state index in [1.807, 2.05) is 0 Å². The van der Waals surface area contributed by atoms with Crippen molar-refractivity contribution in [2.75, 3.05) is 46.2 Å². The van der Waals surface area contributed by atoms with Crippen LogP contribution in [0.25, 0.3) is 0 Å². The number of amides is 4. The van der Waals surface area contributed by atoms with Gasteiger partial charge in [-0.05, 0) is 6.92 Å². The van der Waals surface area contributed by atoms with Gasteiger partial charge in [-0.25, -0.2) is 0 Å². The molecule has 0 saturated carbocycles. The van der Waals surface area contributed by atoms with Gasteiger partial charge in [-0.1, -0.05) is 0 Å². The molecule has 622 valence electrons. The molecule has 8 rings (SSSR count). The molecule has 0 aliphatic carbocycles. The van der Waals surface area contributed by atoms with Crippen LogP contribution in [0.5, 0.6) is 0 Å². The number of carbonyl (C=O) groups excluding carboxylic acids is 5. The molecule has 0 spiro atoms. The lowest BCUT2D eigenvalue weighted by molar-refractivity contribution is -0.396. The van der Waals surface area contributed by atoms with Gasteiger partial charge in [-0.2, -0.15) is 0 Å². The average Bonchev–Trinajstić information content (AvgIpc) is 0.770. The number of aliphatic hydroxyl groups excluding tert-OH is 20. The predicted molar refractivity (Wildman–Crippen MR) is 334 cm³/mol. The van der Waals surface area contributed by atoms with Gasteiger partial charge in [-0.3, -0.25) is 28.8 Å². The van der Waals surface area contributed by atoms with E-state index in [0.29, 0.717) is 0 Å². The fourth-order valence-electron chi connectivity index (χ4n) is 13.4. The van der Waals surface area contributed by atoms with Crippen molar-refractivity contribution < 1.29 is 212 Å². The molecule has 8 aliphatic heterocycles. The third-order valence-electron chi connectivity index (χ3n) is 19.1. The maximum Gasteiger partial charge on any atom is 0.325 e. The van der Waals surface area contributed by atoms with E-state index in [1.165, 1.54) is 6.92 Å². The first-order valence-electron chi connectivity index (χ1n) is 34.2. The van der Waals surface area contributed by atoms with Gasteiger partial charge in [0, 0.05) is 27.7 Å². The highest BCUT2D eigenvalue weighted by atomic mass is 16.8. The predicted octanol–water partition coefficient (Wildman–Crippen LogP) is -17.5. The number of aliphatic carboxylic acids is 1. The zero-order chi connectivity index (χ0) is 79.9. The summed E-state index contributed by atoms with van der Waals surface area (Å²) in [6.45, 7) is -2.49. The van der Waals surface area contributed by atoms with Gasteiger partial charge in [-0.15, -0.1) is 0 Å². The molecule has 0 aromatic carbocycles. The second-order valence-corrected chi connectivity index (χ2v) is 27.0. The molecule has 0 bridgehead atoms. The summed E-state index contributed by atoms with van der Waals surface area (Å²) in [6, 6.07) is -9.37. The van der Waals surface area contributed by atoms with E-state index in [9.17, 15) is 136 Å². The minimum Gasteiger partial charge on any atom is -0.481 e. The Hall–Kier alpha value is -4.62. The van der Waals surface area contributed by atoms with E-state index in [2.05, 4.69) is 21.3 Å². The third-order valence-corrected chi connectivity index (χ3v) is 19.1. The van der Waals surface area contributed by atoms with Gasteiger partial charge in [0.05, 0.1) is 58.8 Å². The number of nitrogens with two attached hydrogens (primary N) is 1. The number of aliphatic hydroxyl groups is 20. The zero-order valence-electron chi connectivity index (χ0n) is 58.3. The van der Waals surface area contributed by atoms with E-state index in [-0.39, 0.29) is 0 Å². The molecule has 108 heavy (non-hydrogen) atoms. The van der Waals surface area contributed by atoms with Crippen LogP contribution in [-0.2, 0) is 105 Å². The van der Waals surface area contributed by atoms with Crippen LogP contribution >= 0.6 is 0 Å². The van der Waals surface area contributed by atoms with Crippen LogP contribution in [0.2, 0.25) is 0 Å². The number of esters is 1. The first-order chi connectivity index (χ1) is 50.9. The monoisotopic (exact) mass is 1580 g/mol. The summed E-state index contributed by atoms with van der Waals surface area (Å²) in [5.74, 6) is -6.68. The first kappa shape index (κ1) is 88.9. The number of carboxylic acids is 1. The Balaban J connectivity index is 1.16. The number of hydrogen-bond acceptors (Lipinski definition) is 43. The van der Waals surface area contributed by atoms with Crippen molar-refractivity contribution in [1.82, 2.24) is 21.3 Å². The molecular weight excluding hydrogens is 1480 g/mol. The van der Waals surface area contributed by atoms with Crippen molar-refractivity contribution in [1.29, 1.82) is 0 Å².